The van der Waals surface area contributed by atoms with Crippen LogP contribution >= 0.6 is 23.5 Å². The number of nitrogens with one attached hydrogen (secondary N) is 7. The Labute approximate surface area is 264 Å². The minimum absolute atomic E-state index is 0.0201. The van der Waals surface area contributed by atoms with Gasteiger partial charge in [-0.2, -0.15) is 0 Å². The van der Waals surface area contributed by atoms with E-state index in [0.29, 0.717) is 44.5 Å². The monoisotopic (exact) mass is 657 g/mol. The SMILES string of the molecule is CCOC(=O)NC(=O)C1CC(CCOC(=O)NC(=O)C2CCSC2NC(=O)C2CNCCN2)SC1NC(=O)C1CCCCN1. The van der Waals surface area contributed by atoms with Crippen molar-refractivity contribution < 1.29 is 38.2 Å². The van der Waals surface area contributed by atoms with Gasteiger partial charge in [0.2, 0.25) is 23.6 Å². The van der Waals surface area contributed by atoms with Crippen molar-refractivity contribution in [2.45, 2.75) is 73.5 Å². The van der Waals surface area contributed by atoms with E-state index in [1.807, 2.05) is 0 Å². The van der Waals surface area contributed by atoms with Gasteiger partial charge in [-0.05, 0) is 51.3 Å². The van der Waals surface area contributed by atoms with E-state index in [2.05, 4.69) is 37.2 Å². The molecule has 0 aromatic carbocycles. The quantitative estimate of drug-likeness (QED) is 0.156. The Morgan fingerprint density at radius 2 is 1.48 bits per heavy atom. The van der Waals surface area contributed by atoms with Crippen molar-refractivity contribution in [1.29, 1.82) is 0 Å². The smallest absolute Gasteiger partial charge is 0.413 e. The van der Waals surface area contributed by atoms with Gasteiger partial charge in [-0.25, -0.2) is 9.59 Å². The molecule has 4 aliphatic heterocycles. The van der Waals surface area contributed by atoms with Crippen LogP contribution in [0.1, 0.15) is 45.4 Å². The molecular weight excluding hydrogens is 614 g/mol. The van der Waals surface area contributed by atoms with Gasteiger partial charge >= 0.3 is 12.2 Å². The Hall–Kier alpha value is -2.60. The second-order valence-corrected chi connectivity index (χ2v) is 13.8. The fourth-order valence-corrected chi connectivity index (χ4v) is 8.51. The molecule has 0 radical (unpaired) electrons. The van der Waals surface area contributed by atoms with Crippen LogP contribution in [0.5, 0.6) is 0 Å². The molecule has 4 heterocycles. The van der Waals surface area contributed by atoms with E-state index in [1.165, 1.54) is 23.5 Å². The van der Waals surface area contributed by atoms with Crippen LogP contribution in [0.2, 0.25) is 0 Å². The lowest BCUT2D eigenvalue weighted by Crippen LogP contribution is -2.57. The number of carbonyl (C=O) groups excluding carboxylic acids is 6. The number of rotatable bonds is 10. The van der Waals surface area contributed by atoms with Crippen LogP contribution in [-0.2, 0) is 28.7 Å². The lowest BCUT2D eigenvalue weighted by atomic mass is 10.00. The second kappa shape index (κ2) is 17.2. The lowest BCUT2D eigenvalue weighted by molar-refractivity contribution is -0.128. The number of hydrogen-bond donors (Lipinski definition) is 7. The molecule has 4 fully saturated rings. The summed E-state index contributed by atoms with van der Waals surface area (Å²) >= 11 is 2.84. The van der Waals surface area contributed by atoms with Crippen molar-refractivity contribution in [2.75, 3.05) is 45.1 Å². The normalized spacial score (nSPS) is 30.1. The van der Waals surface area contributed by atoms with Gasteiger partial charge < -0.3 is 36.1 Å². The zero-order valence-corrected chi connectivity index (χ0v) is 26.4. The third kappa shape index (κ3) is 9.95. The van der Waals surface area contributed by atoms with E-state index in [-0.39, 0.29) is 42.4 Å². The first-order valence-electron chi connectivity index (χ1n) is 15.3. The van der Waals surface area contributed by atoms with Crippen LogP contribution in [0.15, 0.2) is 0 Å². The molecule has 6 amide bonds. The first-order chi connectivity index (χ1) is 21.2. The van der Waals surface area contributed by atoms with Crippen LogP contribution < -0.4 is 37.2 Å². The highest BCUT2D eigenvalue weighted by molar-refractivity contribution is 8.00. The highest BCUT2D eigenvalue weighted by Crippen LogP contribution is 2.39. The molecule has 17 heteroatoms. The molecule has 0 saturated carbocycles. The van der Waals surface area contributed by atoms with Crippen LogP contribution in [0, 0.1) is 11.8 Å². The number of alkyl carbamates (subject to hydrolysis) is 2. The Morgan fingerprint density at radius 3 is 2.18 bits per heavy atom. The maximum Gasteiger partial charge on any atom is 0.413 e. The minimum Gasteiger partial charge on any atom is -0.450 e. The van der Waals surface area contributed by atoms with Crippen molar-refractivity contribution in [2.24, 2.45) is 11.8 Å². The summed E-state index contributed by atoms with van der Waals surface area (Å²) in [6, 6.07) is -0.714. The molecular formula is C27H43N7O8S2. The van der Waals surface area contributed by atoms with Crippen molar-refractivity contribution in [1.82, 2.24) is 37.2 Å². The number of thioether (sulfide) groups is 2. The fourth-order valence-electron chi connectivity index (χ4n) is 5.60. The number of piperazine rings is 1. The summed E-state index contributed by atoms with van der Waals surface area (Å²) in [7, 11) is 0. The summed E-state index contributed by atoms with van der Waals surface area (Å²) < 4.78 is 10.1. The number of amides is 6. The summed E-state index contributed by atoms with van der Waals surface area (Å²) in [4.78, 5) is 75.5. The van der Waals surface area contributed by atoms with Crippen LogP contribution in [0.25, 0.3) is 0 Å². The van der Waals surface area contributed by atoms with E-state index < -0.39 is 46.6 Å². The van der Waals surface area contributed by atoms with Crippen molar-refractivity contribution in [3.63, 3.8) is 0 Å². The predicted molar refractivity (Wildman–Crippen MR) is 163 cm³/mol. The molecule has 4 aliphatic rings. The maximum atomic E-state index is 12.9. The summed E-state index contributed by atoms with van der Waals surface area (Å²) in [5.41, 5.74) is 0. The number of imide groups is 2. The molecule has 0 bridgehead atoms. The van der Waals surface area contributed by atoms with Gasteiger partial charge in [0.1, 0.15) is 0 Å². The van der Waals surface area contributed by atoms with Gasteiger partial charge in [-0.15, -0.1) is 23.5 Å². The van der Waals surface area contributed by atoms with Gasteiger partial charge in [-0.3, -0.25) is 29.8 Å². The van der Waals surface area contributed by atoms with Crippen LogP contribution in [0.3, 0.4) is 0 Å². The Bertz CT molecular complexity index is 1060. The average molecular weight is 658 g/mol. The molecule has 4 rings (SSSR count). The molecule has 44 heavy (non-hydrogen) atoms. The summed E-state index contributed by atoms with van der Waals surface area (Å²) in [5, 5.41) is 18.7. The number of piperidine rings is 1. The van der Waals surface area contributed by atoms with Gasteiger partial charge in [0.25, 0.3) is 0 Å². The number of hydrogen-bond acceptors (Lipinski definition) is 13. The highest BCUT2D eigenvalue weighted by atomic mass is 32.2. The summed E-state index contributed by atoms with van der Waals surface area (Å²) in [6.07, 6.45) is 2.13. The lowest BCUT2D eigenvalue weighted by Gasteiger charge is -2.26. The summed E-state index contributed by atoms with van der Waals surface area (Å²) in [6.45, 7) is 4.45. The van der Waals surface area contributed by atoms with E-state index in [1.54, 1.807) is 6.92 Å². The Morgan fingerprint density at radius 1 is 0.773 bits per heavy atom. The van der Waals surface area contributed by atoms with Gasteiger partial charge in [-0.1, -0.05) is 6.42 Å². The molecule has 7 atom stereocenters. The van der Waals surface area contributed by atoms with Crippen molar-refractivity contribution in [3.8, 4) is 0 Å². The largest absolute Gasteiger partial charge is 0.450 e. The van der Waals surface area contributed by atoms with Crippen molar-refractivity contribution in [3.05, 3.63) is 0 Å². The topological polar surface area (TPSA) is 205 Å². The molecule has 0 spiro atoms. The van der Waals surface area contributed by atoms with Crippen LogP contribution in [0.4, 0.5) is 9.59 Å². The second-order valence-electron chi connectivity index (χ2n) is 11.1. The molecule has 7 unspecified atom stereocenters. The third-order valence-corrected chi connectivity index (χ3v) is 10.8. The number of carbonyl (C=O) groups is 6. The van der Waals surface area contributed by atoms with Crippen molar-refractivity contribution >= 4 is 59.3 Å². The third-order valence-electron chi connectivity index (χ3n) is 7.94. The molecule has 15 nitrogen and oxygen atoms in total. The molecule has 0 aliphatic carbocycles. The Kier molecular flexibility index (Phi) is 13.4. The Balaban J connectivity index is 1.23. The molecule has 0 aromatic heterocycles. The van der Waals surface area contributed by atoms with E-state index >= 15 is 0 Å². The first-order valence-corrected chi connectivity index (χ1v) is 17.2. The zero-order chi connectivity index (χ0) is 31.5. The predicted octanol–water partition coefficient (Wildman–Crippen LogP) is -0.635. The maximum absolute atomic E-state index is 12.9. The molecule has 7 N–H and O–H groups in total. The average Bonchev–Trinajstić information content (AvgIpc) is 3.65. The van der Waals surface area contributed by atoms with Gasteiger partial charge in [0.15, 0.2) is 0 Å². The molecule has 0 aromatic rings. The minimum atomic E-state index is -0.886. The van der Waals surface area contributed by atoms with Crippen LogP contribution in [-0.4, -0.2) is 109 Å². The van der Waals surface area contributed by atoms with Gasteiger partial charge in [0.05, 0.1) is 47.9 Å². The first kappa shape index (κ1) is 34.3. The molecule has 4 saturated heterocycles. The standard InChI is InChI=1S/C27H43N7O8S2/c1-2-41-26(39)34-21(36)17-13-15(44-25(17)32-22(37)18-5-3-4-8-29-18)6-11-42-27(40)33-20(35)16-7-12-43-24(16)31-23(38)19-14-28-9-10-30-19/h15-19,24-25,28-30H,2-14H2,1H3,(H,31,38)(H,32,37)(H,33,35,40)(H,34,36,39). The fraction of sp³-hybridized carbons (Fsp3) is 0.778. The summed E-state index contributed by atoms with van der Waals surface area (Å²) in [5.74, 6) is -2.03. The van der Waals surface area contributed by atoms with E-state index in [0.717, 1.165) is 25.9 Å². The van der Waals surface area contributed by atoms with E-state index in [9.17, 15) is 28.8 Å². The highest BCUT2D eigenvalue weighted by Gasteiger charge is 2.42. The zero-order valence-electron chi connectivity index (χ0n) is 24.8. The number of ether oxygens (including phenoxy) is 2. The van der Waals surface area contributed by atoms with E-state index in [4.69, 9.17) is 9.47 Å². The van der Waals surface area contributed by atoms with Gasteiger partial charge in [0, 0.05) is 24.9 Å². The molecule has 246 valence electrons.